The van der Waals surface area contributed by atoms with Crippen molar-refractivity contribution in [2.45, 2.75) is 37.7 Å². The van der Waals surface area contributed by atoms with Crippen LogP contribution in [-0.2, 0) is 11.0 Å². The number of amides is 1. The number of hydrazone groups is 1. The topological polar surface area (TPSA) is 77.3 Å². The number of alkyl halides is 6. The van der Waals surface area contributed by atoms with Crippen molar-refractivity contribution < 1.29 is 31.1 Å². The third-order valence-corrected chi connectivity index (χ3v) is 3.94. The van der Waals surface area contributed by atoms with Gasteiger partial charge in [0.05, 0.1) is 17.2 Å². The van der Waals surface area contributed by atoms with E-state index in [1.165, 1.54) is 13.0 Å². The van der Waals surface area contributed by atoms with Gasteiger partial charge < -0.3 is 5.32 Å². The summed E-state index contributed by atoms with van der Waals surface area (Å²) in [7, 11) is 0. The Kier molecular flexibility index (Phi) is 4.90. The van der Waals surface area contributed by atoms with Crippen LogP contribution in [0.15, 0.2) is 23.3 Å². The zero-order valence-electron chi connectivity index (χ0n) is 13.2. The van der Waals surface area contributed by atoms with E-state index in [1.807, 2.05) is 0 Å². The Bertz CT molecular complexity index is 793. The molecule has 140 valence electrons. The van der Waals surface area contributed by atoms with E-state index in [9.17, 15) is 31.1 Å². The van der Waals surface area contributed by atoms with E-state index in [2.05, 4.69) is 15.8 Å². The third-order valence-electron chi connectivity index (χ3n) is 3.94. The average molecular weight is 378 g/mol. The van der Waals surface area contributed by atoms with Gasteiger partial charge in [-0.15, -0.1) is 0 Å². The number of hydrogen-bond donors (Lipinski definition) is 2. The van der Waals surface area contributed by atoms with E-state index in [4.69, 9.17) is 5.26 Å². The Balaban J connectivity index is 2.26. The third kappa shape index (κ3) is 3.74. The lowest BCUT2D eigenvalue weighted by Gasteiger charge is -2.26. The smallest absolute Gasteiger partial charge is 0.324 e. The van der Waals surface area contributed by atoms with Gasteiger partial charge in [0.2, 0.25) is 0 Å². The van der Waals surface area contributed by atoms with Crippen LogP contribution in [0.25, 0.3) is 0 Å². The molecule has 0 saturated carbocycles. The number of benzene rings is 1. The molecule has 2 rings (SSSR count). The zero-order chi connectivity index (χ0) is 19.8. The van der Waals surface area contributed by atoms with Gasteiger partial charge in [0.25, 0.3) is 5.91 Å². The molecule has 1 aromatic carbocycles. The highest BCUT2D eigenvalue weighted by atomic mass is 19.4. The molecule has 1 aliphatic heterocycles. The number of halogens is 6. The van der Waals surface area contributed by atoms with Gasteiger partial charge >= 0.3 is 12.4 Å². The molecule has 11 heteroatoms. The number of rotatable bonds is 3. The Morgan fingerprint density at radius 1 is 1.31 bits per heavy atom. The first kappa shape index (κ1) is 19.6. The van der Waals surface area contributed by atoms with E-state index in [0.29, 0.717) is 6.07 Å². The predicted molar refractivity (Wildman–Crippen MR) is 79.1 cm³/mol. The molecule has 5 nitrogen and oxygen atoms in total. The van der Waals surface area contributed by atoms with Crippen molar-refractivity contribution in [3.63, 3.8) is 0 Å². The maximum atomic E-state index is 13.0. The summed E-state index contributed by atoms with van der Waals surface area (Å²) in [5.74, 6) is -0.958. The van der Waals surface area contributed by atoms with Crippen molar-refractivity contribution in [3.05, 3.63) is 29.3 Å². The van der Waals surface area contributed by atoms with Gasteiger partial charge in [0.15, 0.2) is 0 Å². The molecule has 0 spiro atoms. The van der Waals surface area contributed by atoms with E-state index in [0.717, 1.165) is 12.1 Å². The van der Waals surface area contributed by atoms with E-state index in [1.54, 1.807) is 0 Å². The Morgan fingerprint density at radius 3 is 2.42 bits per heavy atom. The number of nitriles is 1. The minimum Gasteiger partial charge on any atom is -0.324 e. The van der Waals surface area contributed by atoms with Crippen molar-refractivity contribution in [2.24, 2.45) is 5.10 Å². The molecule has 0 radical (unpaired) electrons. The fraction of sp³-hybridized carbons (Fsp3) is 0.400. The lowest BCUT2D eigenvalue weighted by Crippen LogP contribution is -2.50. The first-order chi connectivity index (χ1) is 11.9. The summed E-state index contributed by atoms with van der Waals surface area (Å²) < 4.78 is 77.1. The highest BCUT2D eigenvalue weighted by molar-refractivity contribution is 6.04. The highest BCUT2D eigenvalue weighted by Gasteiger charge is 2.49. The Morgan fingerprint density at radius 2 is 1.96 bits per heavy atom. The lowest BCUT2D eigenvalue weighted by atomic mass is 9.90. The predicted octanol–water partition coefficient (Wildman–Crippen LogP) is 3.58. The normalized spacial score (nSPS) is 20.2. The number of nitrogens with zero attached hydrogens (tertiary/aromatic N) is 2. The van der Waals surface area contributed by atoms with Gasteiger partial charge in [-0.3, -0.25) is 10.2 Å². The molecule has 0 aliphatic carbocycles. The van der Waals surface area contributed by atoms with E-state index < -0.39 is 47.1 Å². The Labute approximate surface area is 143 Å². The highest BCUT2D eigenvalue weighted by Crippen LogP contribution is 2.35. The summed E-state index contributed by atoms with van der Waals surface area (Å²) >= 11 is 0. The van der Waals surface area contributed by atoms with E-state index in [-0.39, 0.29) is 12.1 Å². The maximum Gasteiger partial charge on any atom is 0.431 e. The molecule has 26 heavy (non-hydrogen) atoms. The van der Waals surface area contributed by atoms with Crippen LogP contribution in [0.1, 0.15) is 30.9 Å². The second-order valence-corrected chi connectivity index (χ2v) is 5.60. The van der Waals surface area contributed by atoms with Crippen LogP contribution < -0.4 is 10.7 Å². The van der Waals surface area contributed by atoms with Crippen LogP contribution in [-0.4, -0.2) is 23.3 Å². The van der Waals surface area contributed by atoms with Gasteiger partial charge in [-0.25, -0.2) is 0 Å². The fourth-order valence-corrected chi connectivity index (χ4v) is 2.40. The molecule has 0 aromatic heterocycles. The number of carbonyl (C=O) groups excluding carboxylic acids is 1. The van der Waals surface area contributed by atoms with Gasteiger partial charge in [-0.2, -0.15) is 36.7 Å². The van der Waals surface area contributed by atoms with Crippen LogP contribution in [0.4, 0.5) is 32.0 Å². The van der Waals surface area contributed by atoms with Crippen LogP contribution in [0.2, 0.25) is 0 Å². The van der Waals surface area contributed by atoms with Gasteiger partial charge in [-0.1, -0.05) is 6.92 Å². The number of hydrogen-bond acceptors (Lipinski definition) is 4. The standard InChI is InChI=1S/C15H12F6N4O/c1-2-13(6-11(24-25-13)15(19,20)21)12(26)23-9-4-3-8(7-22)10(5-9)14(16,17)18/h3-5,25H,2,6H2,1H3,(H,23,26)/t13-/m1/s1. The van der Waals surface area contributed by atoms with Crippen molar-refractivity contribution in [1.29, 1.82) is 5.26 Å². The van der Waals surface area contributed by atoms with Crippen LogP contribution >= 0.6 is 0 Å². The maximum absolute atomic E-state index is 13.0. The summed E-state index contributed by atoms with van der Waals surface area (Å²) in [6, 6.07) is 3.88. The Hall–Kier alpha value is -2.77. The number of carbonyl (C=O) groups is 1. The summed E-state index contributed by atoms with van der Waals surface area (Å²) in [6.07, 6.45) is -10.4. The van der Waals surface area contributed by atoms with Gasteiger partial charge in [-0.05, 0) is 24.6 Å². The van der Waals surface area contributed by atoms with Crippen LogP contribution in [0.3, 0.4) is 0 Å². The summed E-state index contributed by atoms with van der Waals surface area (Å²) in [5, 5.41) is 14.0. The number of anilines is 1. The molecule has 1 aromatic rings. The van der Waals surface area contributed by atoms with Crippen LogP contribution in [0, 0.1) is 11.3 Å². The minimum absolute atomic E-state index is 0.0790. The summed E-state index contributed by atoms with van der Waals surface area (Å²) in [6.45, 7) is 1.45. The second kappa shape index (κ2) is 6.51. The van der Waals surface area contributed by atoms with Crippen molar-refractivity contribution in [1.82, 2.24) is 5.43 Å². The molecule has 1 atom stereocenters. The molecule has 1 heterocycles. The molecular formula is C15H12F6N4O. The largest absolute Gasteiger partial charge is 0.431 e. The molecule has 1 amide bonds. The second-order valence-electron chi connectivity index (χ2n) is 5.60. The number of nitrogens with one attached hydrogen (secondary N) is 2. The van der Waals surface area contributed by atoms with E-state index >= 15 is 0 Å². The van der Waals surface area contributed by atoms with Gasteiger partial charge in [0, 0.05) is 12.1 Å². The van der Waals surface area contributed by atoms with Crippen molar-refractivity contribution >= 4 is 17.3 Å². The monoisotopic (exact) mass is 378 g/mol. The molecular weight excluding hydrogens is 366 g/mol. The molecule has 2 N–H and O–H groups in total. The summed E-state index contributed by atoms with van der Waals surface area (Å²) in [4.78, 5) is 12.4. The molecule has 0 saturated heterocycles. The molecule has 1 aliphatic rings. The molecule has 0 bridgehead atoms. The fourth-order valence-electron chi connectivity index (χ4n) is 2.40. The summed E-state index contributed by atoms with van der Waals surface area (Å²) in [5.41, 5.74) is -2.94. The minimum atomic E-state index is -4.83. The molecule has 0 unspecified atom stereocenters. The first-order valence-corrected chi connectivity index (χ1v) is 7.26. The van der Waals surface area contributed by atoms with Crippen LogP contribution in [0.5, 0.6) is 0 Å². The van der Waals surface area contributed by atoms with Crippen molar-refractivity contribution in [2.75, 3.05) is 5.32 Å². The SMILES string of the molecule is CC[C@]1(C(=O)Nc2ccc(C#N)c(C(F)(F)F)c2)CC(C(F)(F)F)=NN1. The quantitative estimate of drug-likeness (QED) is 0.790. The van der Waals surface area contributed by atoms with Crippen molar-refractivity contribution in [3.8, 4) is 6.07 Å². The average Bonchev–Trinajstić information content (AvgIpc) is 3.00. The zero-order valence-corrected chi connectivity index (χ0v) is 13.2. The lowest BCUT2D eigenvalue weighted by molar-refractivity contribution is -0.137. The molecule has 0 fully saturated rings. The van der Waals surface area contributed by atoms with Gasteiger partial charge in [0.1, 0.15) is 11.3 Å². The first-order valence-electron chi connectivity index (χ1n) is 7.26.